The lowest BCUT2D eigenvalue weighted by Gasteiger charge is -2.13. The molecular weight excluding hydrogens is 242 g/mol. The Morgan fingerprint density at radius 3 is 2.20 bits per heavy atom. The molecule has 0 saturated heterocycles. The van der Waals surface area contributed by atoms with Gasteiger partial charge in [0.15, 0.2) is 0 Å². The highest BCUT2D eigenvalue weighted by molar-refractivity contribution is 5.85. The Morgan fingerprint density at radius 1 is 0.750 bits per heavy atom. The van der Waals surface area contributed by atoms with Gasteiger partial charge in [0.1, 0.15) is 0 Å². The van der Waals surface area contributed by atoms with Crippen LogP contribution in [-0.4, -0.2) is 14.1 Å². The number of anilines is 1. The van der Waals surface area contributed by atoms with Crippen LogP contribution >= 0.6 is 0 Å². The minimum absolute atomic E-state index is 0.981. The van der Waals surface area contributed by atoms with Gasteiger partial charge in [0.2, 0.25) is 0 Å². The van der Waals surface area contributed by atoms with Crippen LogP contribution in [0.2, 0.25) is 0 Å². The molecule has 0 atom stereocenters. The highest BCUT2D eigenvalue weighted by atomic mass is 15.1. The first-order chi connectivity index (χ1) is 9.74. The molecule has 0 aliphatic heterocycles. The van der Waals surface area contributed by atoms with E-state index in [1.807, 2.05) is 0 Å². The first kappa shape index (κ1) is 12.7. The quantitative estimate of drug-likeness (QED) is 0.671. The Kier molecular flexibility index (Phi) is 3.42. The molecule has 100 valence electrons. The summed E-state index contributed by atoms with van der Waals surface area (Å²) in [5.41, 5.74) is 3.99. The highest BCUT2D eigenvalue weighted by Gasteiger charge is 2.02. The summed E-state index contributed by atoms with van der Waals surface area (Å²) < 4.78 is 0. The maximum absolute atomic E-state index is 2.22. The Balaban J connectivity index is 1.93. The second-order valence-electron chi connectivity index (χ2n) is 5.38. The number of fused-ring (bicyclic) bond motifs is 1. The third kappa shape index (κ3) is 2.53. The van der Waals surface area contributed by atoms with Crippen molar-refractivity contribution in [1.29, 1.82) is 0 Å². The molecule has 0 bridgehead atoms. The summed E-state index contributed by atoms with van der Waals surface area (Å²) in [5, 5.41) is 2.67. The summed E-state index contributed by atoms with van der Waals surface area (Å²) in [6.07, 6.45) is 0.981. The van der Waals surface area contributed by atoms with Gasteiger partial charge in [-0.1, -0.05) is 54.6 Å². The van der Waals surface area contributed by atoms with Gasteiger partial charge in [0, 0.05) is 19.8 Å². The van der Waals surface area contributed by atoms with E-state index in [9.17, 15) is 0 Å². The largest absolute Gasteiger partial charge is 0.378 e. The molecule has 1 heteroatoms. The van der Waals surface area contributed by atoms with E-state index in [2.05, 4.69) is 85.7 Å². The van der Waals surface area contributed by atoms with Crippen LogP contribution in [0.5, 0.6) is 0 Å². The Hall–Kier alpha value is -2.28. The third-order valence-corrected chi connectivity index (χ3v) is 3.73. The summed E-state index contributed by atoms with van der Waals surface area (Å²) in [6.45, 7) is 0. The molecule has 0 radical (unpaired) electrons. The van der Waals surface area contributed by atoms with Gasteiger partial charge >= 0.3 is 0 Å². The molecule has 0 amide bonds. The normalized spacial score (nSPS) is 10.7. The first-order valence-electron chi connectivity index (χ1n) is 6.97. The first-order valence-corrected chi connectivity index (χ1v) is 6.97. The molecule has 3 aromatic carbocycles. The zero-order chi connectivity index (χ0) is 13.9. The average Bonchev–Trinajstić information content (AvgIpc) is 2.48. The molecule has 0 unspecified atom stereocenters. The minimum atomic E-state index is 0.981. The van der Waals surface area contributed by atoms with Crippen molar-refractivity contribution in [1.82, 2.24) is 0 Å². The summed E-state index contributed by atoms with van der Waals surface area (Å²) >= 11 is 0. The van der Waals surface area contributed by atoms with Crippen LogP contribution in [0.1, 0.15) is 11.1 Å². The lowest BCUT2D eigenvalue weighted by atomic mass is 9.98. The summed E-state index contributed by atoms with van der Waals surface area (Å²) in [5.74, 6) is 0. The van der Waals surface area contributed by atoms with Crippen LogP contribution in [0.15, 0.2) is 66.7 Å². The van der Waals surface area contributed by atoms with E-state index in [1.54, 1.807) is 0 Å². The van der Waals surface area contributed by atoms with Crippen LogP contribution in [0.4, 0.5) is 5.69 Å². The van der Waals surface area contributed by atoms with Crippen molar-refractivity contribution in [2.24, 2.45) is 0 Å². The molecule has 0 aliphatic rings. The Labute approximate surface area is 120 Å². The monoisotopic (exact) mass is 261 g/mol. The number of benzene rings is 3. The van der Waals surface area contributed by atoms with E-state index in [-0.39, 0.29) is 0 Å². The molecule has 0 saturated carbocycles. The molecule has 3 rings (SSSR count). The lowest BCUT2D eigenvalue weighted by Crippen LogP contribution is -2.08. The Bertz CT molecular complexity index is 706. The zero-order valence-electron chi connectivity index (χ0n) is 12.0. The maximum Gasteiger partial charge on any atom is 0.0361 e. The van der Waals surface area contributed by atoms with Crippen molar-refractivity contribution in [2.75, 3.05) is 19.0 Å². The van der Waals surface area contributed by atoms with E-state index in [4.69, 9.17) is 0 Å². The van der Waals surface area contributed by atoms with Crippen molar-refractivity contribution in [3.8, 4) is 0 Å². The van der Waals surface area contributed by atoms with Crippen LogP contribution in [0, 0.1) is 0 Å². The molecule has 0 aromatic heterocycles. The predicted molar refractivity (Wildman–Crippen MR) is 87.5 cm³/mol. The number of hydrogen-bond acceptors (Lipinski definition) is 1. The molecule has 0 aliphatic carbocycles. The topological polar surface area (TPSA) is 3.24 Å². The lowest BCUT2D eigenvalue weighted by molar-refractivity contribution is 1.12. The average molecular weight is 261 g/mol. The molecule has 0 spiro atoms. The maximum atomic E-state index is 2.22. The van der Waals surface area contributed by atoms with Crippen LogP contribution in [0.25, 0.3) is 10.8 Å². The standard InChI is InChI=1S/C19H19N/c1-20(2)18-12-10-15(11-13-18)14-17-8-5-7-16-6-3-4-9-19(16)17/h3-13H,14H2,1-2H3. The van der Waals surface area contributed by atoms with Gasteiger partial charge in [-0.05, 0) is 40.5 Å². The van der Waals surface area contributed by atoms with Crippen molar-refractivity contribution >= 4 is 16.5 Å². The zero-order valence-corrected chi connectivity index (χ0v) is 12.0. The SMILES string of the molecule is CN(C)c1ccc(Cc2cccc3ccccc23)cc1. The summed E-state index contributed by atoms with van der Waals surface area (Å²) in [6, 6.07) is 23.9. The number of nitrogens with zero attached hydrogens (tertiary/aromatic N) is 1. The van der Waals surface area contributed by atoms with Crippen molar-refractivity contribution in [3.63, 3.8) is 0 Å². The fourth-order valence-corrected chi connectivity index (χ4v) is 2.58. The number of hydrogen-bond donors (Lipinski definition) is 0. The van der Waals surface area contributed by atoms with E-state index in [0.29, 0.717) is 0 Å². The van der Waals surface area contributed by atoms with E-state index in [0.717, 1.165) is 6.42 Å². The fourth-order valence-electron chi connectivity index (χ4n) is 2.58. The van der Waals surface area contributed by atoms with Crippen LogP contribution in [0.3, 0.4) is 0 Å². The smallest absolute Gasteiger partial charge is 0.0361 e. The van der Waals surface area contributed by atoms with Crippen LogP contribution in [-0.2, 0) is 6.42 Å². The molecule has 3 aromatic rings. The Morgan fingerprint density at radius 2 is 1.45 bits per heavy atom. The fraction of sp³-hybridized carbons (Fsp3) is 0.158. The van der Waals surface area contributed by atoms with Gasteiger partial charge in [-0.2, -0.15) is 0 Å². The number of rotatable bonds is 3. The van der Waals surface area contributed by atoms with Gasteiger partial charge in [-0.25, -0.2) is 0 Å². The van der Waals surface area contributed by atoms with Crippen molar-refractivity contribution in [2.45, 2.75) is 6.42 Å². The second kappa shape index (κ2) is 5.38. The van der Waals surface area contributed by atoms with Gasteiger partial charge < -0.3 is 4.90 Å². The highest BCUT2D eigenvalue weighted by Crippen LogP contribution is 2.22. The van der Waals surface area contributed by atoms with Gasteiger partial charge in [-0.15, -0.1) is 0 Å². The second-order valence-corrected chi connectivity index (χ2v) is 5.38. The molecule has 0 N–H and O–H groups in total. The van der Waals surface area contributed by atoms with Crippen LogP contribution < -0.4 is 4.90 Å². The van der Waals surface area contributed by atoms with Gasteiger partial charge in [-0.3, -0.25) is 0 Å². The third-order valence-electron chi connectivity index (χ3n) is 3.73. The van der Waals surface area contributed by atoms with E-state index < -0.39 is 0 Å². The molecule has 0 fully saturated rings. The van der Waals surface area contributed by atoms with Crippen molar-refractivity contribution in [3.05, 3.63) is 77.9 Å². The van der Waals surface area contributed by atoms with E-state index >= 15 is 0 Å². The van der Waals surface area contributed by atoms with E-state index in [1.165, 1.54) is 27.6 Å². The predicted octanol–water partition coefficient (Wildman–Crippen LogP) is 4.50. The summed E-state index contributed by atoms with van der Waals surface area (Å²) in [4.78, 5) is 2.13. The molecular formula is C19H19N. The molecule has 20 heavy (non-hydrogen) atoms. The molecule has 1 nitrogen and oxygen atoms in total. The minimum Gasteiger partial charge on any atom is -0.378 e. The summed E-state index contributed by atoms with van der Waals surface area (Å²) in [7, 11) is 4.14. The van der Waals surface area contributed by atoms with Gasteiger partial charge in [0.25, 0.3) is 0 Å². The molecule has 0 heterocycles. The van der Waals surface area contributed by atoms with Crippen molar-refractivity contribution < 1.29 is 0 Å². The van der Waals surface area contributed by atoms with Gasteiger partial charge in [0.05, 0.1) is 0 Å².